The van der Waals surface area contributed by atoms with Crippen LogP contribution in [0.1, 0.15) is 33.7 Å². The fourth-order valence-electron chi connectivity index (χ4n) is 7.16. The van der Waals surface area contributed by atoms with Crippen molar-refractivity contribution in [3.05, 3.63) is 155 Å². The first-order valence-electron chi connectivity index (χ1n) is 15.6. The van der Waals surface area contributed by atoms with E-state index in [1.54, 1.807) is 0 Å². The van der Waals surface area contributed by atoms with Crippen molar-refractivity contribution in [1.29, 1.82) is 0 Å². The second-order valence-electron chi connectivity index (χ2n) is 11.8. The van der Waals surface area contributed by atoms with E-state index >= 15 is 0 Å². The second-order valence-corrected chi connectivity index (χ2v) is 11.8. The molecule has 45 heavy (non-hydrogen) atoms. The van der Waals surface area contributed by atoms with Crippen molar-refractivity contribution in [1.82, 2.24) is 0 Å². The van der Waals surface area contributed by atoms with Gasteiger partial charge in [0, 0.05) is 17.0 Å². The minimum Gasteiger partial charge on any atom is -0.476 e. The number of ether oxygens (including phenoxy) is 2. The topological polar surface area (TPSA) is 43.2 Å². The van der Waals surface area contributed by atoms with Gasteiger partial charge in [0.05, 0.1) is 13.1 Å². The molecule has 1 atom stereocenters. The third-order valence-electron chi connectivity index (χ3n) is 9.23. The van der Waals surface area contributed by atoms with E-state index in [9.17, 15) is 0 Å². The molecule has 0 radical (unpaired) electrons. The Kier molecular flexibility index (Phi) is 6.12. The number of hydrogen-bond donors (Lipinski definition) is 0. The number of fused-ring (bicyclic) bond motifs is 5. The fourth-order valence-corrected chi connectivity index (χ4v) is 7.16. The lowest BCUT2D eigenvalue weighted by molar-refractivity contribution is 0.348. The van der Waals surface area contributed by atoms with Crippen LogP contribution >= 0.6 is 0 Å². The van der Waals surface area contributed by atoms with Crippen molar-refractivity contribution < 1.29 is 9.47 Å². The Morgan fingerprint density at radius 1 is 0.467 bits per heavy atom. The lowest BCUT2D eigenvalue weighted by Crippen LogP contribution is -2.01. The number of rotatable bonds is 5. The number of benzene rings is 6. The molecule has 4 heteroatoms. The van der Waals surface area contributed by atoms with E-state index in [0.29, 0.717) is 13.2 Å². The highest BCUT2D eigenvalue weighted by molar-refractivity contribution is 6.09. The van der Waals surface area contributed by atoms with Crippen molar-refractivity contribution in [2.75, 3.05) is 26.3 Å². The molecule has 1 unspecified atom stereocenters. The molecule has 9 rings (SSSR count). The van der Waals surface area contributed by atoms with E-state index in [1.807, 2.05) is 0 Å². The summed E-state index contributed by atoms with van der Waals surface area (Å²) in [6.07, 6.45) is 0. The summed E-state index contributed by atoms with van der Waals surface area (Å²) in [6.45, 7) is 2.78. The molecular weight excluding hydrogens is 552 g/mol. The van der Waals surface area contributed by atoms with E-state index in [2.05, 4.69) is 137 Å². The van der Waals surface area contributed by atoms with Gasteiger partial charge in [0.1, 0.15) is 13.2 Å². The predicted molar refractivity (Wildman–Crippen MR) is 182 cm³/mol. The van der Waals surface area contributed by atoms with E-state index in [1.165, 1.54) is 60.8 Å². The minimum absolute atomic E-state index is 0.126. The second kappa shape index (κ2) is 10.6. The standard InChI is InChI=1S/C41H30N2O2/c1-2-6-28(7-3-1)38-36-24-31(26-10-14-29(15-11-26)40-42-20-22-44-40)18-19-34(36)39-33-9-5-4-8-32(33)35(25-37(38)39)27-12-16-30(17-13-27)41-43-21-23-45-41/h1-19,24-25,38H,20-23H2. The van der Waals surface area contributed by atoms with Gasteiger partial charge in [-0.1, -0.05) is 91.0 Å². The highest BCUT2D eigenvalue weighted by atomic mass is 16.5. The lowest BCUT2D eigenvalue weighted by Gasteiger charge is -2.18. The average molecular weight is 583 g/mol. The molecule has 0 saturated heterocycles. The van der Waals surface area contributed by atoms with Crippen LogP contribution in [0.4, 0.5) is 0 Å². The van der Waals surface area contributed by atoms with Gasteiger partial charge in [0.2, 0.25) is 11.8 Å². The molecule has 4 nitrogen and oxygen atoms in total. The number of hydrogen-bond acceptors (Lipinski definition) is 4. The largest absolute Gasteiger partial charge is 0.476 e. The molecule has 0 bridgehead atoms. The zero-order valence-corrected chi connectivity index (χ0v) is 24.7. The first-order valence-corrected chi connectivity index (χ1v) is 15.6. The molecule has 6 aromatic rings. The predicted octanol–water partition coefficient (Wildman–Crippen LogP) is 8.89. The van der Waals surface area contributed by atoms with Crippen molar-refractivity contribution >= 4 is 22.6 Å². The fraction of sp³-hybridized carbons (Fsp3) is 0.122. The lowest BCUT2D eigenvalue weighted by atomic mass is 9.85. The highest BCUT2D eigenvalue weighted by Gasteiger charge is 2.33. The summed E-state index contributed by atoms with van der Waals surface area (Å²) >= 11 is 0. The van der Waals surface area contributed by atoms with Crippen LogP contribution in [0.2, 0.25) is 0 Å². The Balaban J connectivity index is 1.20. The average Bonchev–Trinajstić information content (AvgIpc) is 3.90. The molecule has 0 saturated carbocycles. The molecule has 0 fully saturated rings. The Morgan fingerprint density at radius 3 is 1.69 bits per heavy atom. The van der Waals surface area contributed by atoms with Crippen LogP contribution in [0, 0.1) is 0 Å². The van der Waals surface area contributed by atoms with Crippen molar-refractivity contribution in [3.63, 3.8) is 0 Å². The molecule has 3 aliphatic rings. The van der Waals surface area contributed by atoms with Crippen molar-refractivity contribution in [3.8, 4) is 33.4 Å². The van der Waals surface area contributed by atoms with E-state index in [-0.39, 0.29) is 5.92 Å². The normalized spacial score (nSPS) is 16.5. The molecule has 1 aliphatic carbocycles. The summed E-state index contributed by atoms with van der Waals surface area (Å²) in [4.78, 5) is 8.99. The van der Waals surface area contributed by atoms with Crippen LogP contribution in [0.3, 0.4) is 0 Å². The van der Waals surface area contributed by atoms with Gasteiger partial charge in [0.25, 0.3) is 0 Å². The van der Waals surface area contributed by atoms with Crippen molar-refractivity contribution in [2.45, 2.75) is 5.92 Å². The van der Waals surface area contributed by atoms with Gasteiger partial charge in [-0.25, -0.2) is 9.98 Å². The third-order valence-corrected chi connectivity index (χ3v) is 9.23. The Bertz CT molecular complexity index is 2150. The number of nitrogens with zero attached hydrogens (tertiary/aromatic N) is 2. The van der Waals surface area contributed by atoms with E-state index in [0.717, 1.165) is 36.0 Å². The molecule has 2 heterocycles. The summed E-state index contributed by atoms with van der Waals surface area (Å²) in [5.74, 6) is 1.61. The summed E-state index contributed by atoms with van der Waals surface area (Å²) in [5.41, 5.74) is 13.5. The van der Waals surface area contributed by atoms with Crippen LogP contribution < -0.4 is 0 Å². The maximum Gasteiger partial charge on any atom is 0.216 e. The third kappa shape index (κ3) is 4.36. The number of aliphatic imine (C=N–C) groups is 2. The monoisotopic (exact) mass is 582 g/mol. The van der Waals surface area contributed by atoms with Gasteiger partial charge < -0.3 is 9.47 Å². The van der Waals surface area contributed by atoms with Crippen LogP contribution in [0.25, 0.3) is 44.2 Å². The van der Waals surface area contributed by atoms with Gasteiger partial charge in [-0.05, 0) is 97.2 Å². The SMILES string of the molecule is c1ccc(C2c3cc(-c4ccc(C5=NCCO5)cc4)ccc3-c3c2cc(-c2ccc(C4=NCCO4)cc2)c2ccccc32)cc1. The van der Waals surface area contributed by atoms with E-state index < -0.39 is 0 Å². The van der Waals surface area contributed by atoms with Crippen LogP contribution in [0.15, 0.2) is 137 Å². The maximum atomic E-state index is 5.72. The van der Waals surface area contributed by atoms with Crippen LogP contribution in [-0.4, -0.2) is 38.1 Å². The minimum atomic E-state index is 0.126. The zero-order valence-electron chi connectivity index (χ0n) is 24.7. The van der Waals surface area contributed by atoms with Crippen molar-refractivity contribution in [2.24, 2.45) is 9.98 Å². The Hall–Kier alpha value is -5.48. The zero-order chi connectivity index (χ0) is 29.7. The summed E-state index contributed by atoms with van der Waals surface area (Å²) < 4.78 is 11.4. The van der Waals surface area contributed by atoms with Gasteiger partial charge in [-0.2, -0.15) is 0 Å². The molecule has 0 amide bonds. The summed E-state index contributed by atoms with van der Waals surface area (Å²) in [5, 5.41) is 2.54. The molecule has 6 aromatic carbocycles. The van der Waals surface area contributed by atoms with Gasteiger partial charge in [0.15, 0.2) is 0 Å². The van der Waals surface area contributed by atoms with Crippen LogP contribution in [0.5, 0.6) is 0 Å². The van der Waals surface area contributed by atoms with Gasteiger partial charge in [-0.15, -0.1) is 0 Å². The quantitative estimate of drug-likeness (QED) is 0.203. The first kappa shape index (κ1) is 26.0. The van der Waals surface area contributed by atoms with Gasteiger partial charge in [-0.3, -0.25) is 0 Å². The van der Waals surface area contributed by atoms with Crippen LogP contribution in [-0.2, 0) is 9.47 Å². The molecule has 216 valence electrons. The first-order chi connectivity index (χ1) is 22.3. The molecule has 0 aromatic heterocycles. The smallest absolute Gasteiger partial charge is 0.216 e. The Labute approximate surface area is 262 Å². The molecular formula is C41H30N2O2. The van der Waals surface area contributed by atoms with Gasteiger partial charge >= 0.3 is 0 Å². The summed E-state index contributed by atoms with van der Waals surface area (Å²) in [7, 11) is 0. The summed E-state index contributed by atoms with van der Waals surface area (Å²) in [6, 6.07) is 46.5. The maximum absolute atomic E-state index is 5.72. The molecule has 0 spiro atoms. The van der Waals surface area contributed by atoms with E-state index in [4.69, 9.17) is 9.47 Å². The molecule has 2 aliphatic heterocycles. The highest BCUT2D eigenvalue weighted by Crippen LogP contribution is 2.53. The molecule has 0 N–H and O–H groups in total. The Morgan fingerprint density at radius 2 is 1.04 bits per heavy atom.